The van der Waals surface area contributed by atoms with E-state index in [0.29, 0.717) is 12.4 Å². The van der Waals surface area contributed by atoms with E-state index in [1.54, 1.807) is 19.2 Å². The number of benzene rings is 2. The standard InChI is InChI=1S/C20H21N3O2S/c1-2-26(24,25)22-20-14-13-19(15-21-20)23(18-11-7-4-8-12-18)16-17-9-5-3-6-10-17/h3-15H,2,16H2,1H3,(H,21,22). The molecule has 0 aliphatic rings. The summed E-state index contributed by atoms with van der Waals surface area (Å²) in [5, 5.41) is 0. The van der Waals surface area contributed by atoms with Gasteiger partial charge in [0.05, 0.1) is 17.6 Å². The third kappa shape index (κ3) is 4.61. The quantitative estimate of drug-likeness (QED) is 0.680. The molecule has 0 bridgehead atoms. The Morgan fingerprint density at radius 3 is 2.12 bits per heavy atom. The number of nitrogens with one attached hydrogen (secondary N) is 1. The van der Waals surface area contributed by atoms with Crippen LogP contribution in [0.15, 0.2) is 79.0 Å². The number of pyridine rings is 1. The fourth-order valence-corrected chi connectivity index (χ4v) is 3.13. The third-order valence-corrected chi connectivity index (χ3v) is 5.23. The Bertz CT molecular complexity index is 928. The predicted octanol–water partition coefficient (Wildman–Crippen LogP) is 4.18. The molecule has 1 aromatic heterocycles. The molecule has 6 heteroatoms. The van der Waals surface area contributed by atoms with Gasteiger partial charge in [0.1, 0.15) is 5.82 Å². The van der Waals surface area contributed by atoms with Gasteiger partial charge in [-0.2, -0.15) is 0 Å². The topological polar surface area (TPSA) is 62.3 Å². The Kier molecular flexibility index (Phi) is 5.53. The van der Waals surface area contributed by atoms with Crippen LogP contribution in [0.3, 0.4) is 0 Å². The van der Waals surface area contributed by atoms with Gasteiger partial charge in [-0.3, -0.25) is 4.72 Å². The van der Waals surface area contributed by atoms with Gasteiger partial charge in [0.25, 0.3) is 0 Å². The van der Waals surface area contributed by atoms with E-state index in [-0.39, 0.29) is 5.75 Å². The second-order valence-electron chi connectivity index (χ2n) is 5.81. The first kappa shape index (κ1) is 17.9. The van der Waals surface area contributed by atoms with Gasteiger partial charge in [0, 0.05) is 12.2 Å². The molecule has 134 valence electrons. The van der Waals surface area contributed by atoms with E-state index in [1.165, 1.54) is 5.56 Å². The highest BCUT2D eigenvalue weighted by Gasteiger charge is 2.12. The fourth-order valence-electron chi connectivity index (χ4n) is 2.54. The molecule has 1 N–H and O–H groups in total. The van der Waals surface area contributed by atoms with E-state index < -0.39 is 10.0 Å². The van der Waals surface area contributed by atoms with E-state index in [2.05, 4.69) is 26.7 Å². The molecule has 0 amide bonds. The number of para-hydroxylation sites is 1. The average Bonchev–Trinajstić information content (AvgIpc) is 2.68. The van der Waals surface area contributed by atoms with Crippen LogP contribution >= 0.6 is 0 Å². The molecule has 1 heterocycles. The van der Waals surface area contributed by atoms with Gasteiger partial charge in [-0.15, -0.1) is 0 Å². The van der Waals surface area contributed by atoms with Crippen molar-refractivity contribution in [1.82, 2.24) is 4.98 Å². The molecule has 0 atom stereocenters. The van der Waals surface area contributed by atoms with Crippen LogP contribution in [0.25, 0.3) is 0 Å². The highest BCUT2D eigenvalue weighted by Crippen LogP contribution is 2.27. The summed E-state index contributed by atoms with van der Waals surface area (Å²) < 4.78 is 25.8. The van der Waals surface area contributed by atoms with Crippen LogP contribution < -0.4 is 9.62 Å². The van der Waals surface area contributed by atoms with Crippen molar-refractivity contribution in [2.45, 2.75) is 13.5 Å². The molecule has 5 nitrogen and oxygen atoms in total. The van der Waals surface area contributed by atoms with Crippen molar-refractivity contribution in [2.24, 2.45) is 0 Å². The lowest BCUT2D eigenvalue weighted by Crippen LogP contribution is -2.18. The monoisotopic (exact) mass is 367 g/mol. The van der Waals surface area contributed by atoms with Crippen molar-refractivity contribution in [3.05, 3.63) is 84.6 Å². The number of sulfonamides is 1. The molecular weight excluding hydrogens is 346 g/mol. The number of hydrogen-bond acceptors (Lipinski definition) is 4. The maximum atomic E-state index is 11.7. The van der Waals surface area contributed by atoms with Gasteiger partial charge in [0.2, 0.25) is 10.0 Å². The first-order chi connectivity index (χ1) is 12.6. The van der Waals surface area contributed by atoms with Gasteiger partial charge in [-0.25, -0.2) is 13.4 Å². The summed E-state index contributed by atoms with van der Waals surface area (Å²) in [6, 6.07) is 23.8. The van der Waals surface area contributed by atoms with Gasteiger partial charge in [-0.05, 0) is 36.8 Å². The smallest absolute Gasteiger partial charge is 0.233 e. The van der Waals surface area contributed by atoms with Crippen LogP contribution in [0, 0.1) is 0 Å². The zero-order chi connectivity index (χ0) is 18.4. The highest BCUT2D eigenvalue weighted by molar-refractivity contribution is 7.92. The van der Waals surface area contributed by atoms with Gasteiger partial charge >= 0.3 is 0 Å². The zero-order valence-corrected chi connectivity index (χ0v) is 15.4. The van der Waals surface area contributed by atoms with Crippen LogP contribution in [0.2, 0.25) is 0 Å². The van der Waals surface area contributed by atoms with Crippen LogP contribution in [0.4, 0.5) is 17.2 Å². The van der Waals surface area contributed by atoms with Crippen LogP contribution in [0.5, 0.6) is 0 Å². The van der Waals surface area contributed by atoms with Gasteiger partial charge < -0.3 is 4.90 Å². The summed E-state index contributed by atoms with van der Waals surface area (Å²) in [5.74, 6) is 0.337. The van der Waals surface area contributed by atoms with Crippen molar-refractivity contribution < 1.29 is 8.42 Å². The molecule has 0 aliphatic heterocycles. The Balaban J connectivity index is 1.89. The van der Waals surface area contributed by atoms with Gasteiger partial charge in [-0.1, -0.05) is 48.5 Å². The van der Waals surface area contributed by atoms with Crippen molar-refractivity contribution >= 4 is 27.2 Å². The molecular formula is C20H21N3O2S. The molecule has 2 aromatic carbocycles. The molecule has 0 aliphatic carbocycles. The first-order valence-electron chi connectivity index (χ1n) is 8.40. The number of nitrogens with zero attached hydrogens (tertiary/aromatic N) is 2. The van der Waals surface area contributed by atoms with E-state index in [4.69, 9.17) is 0 Å². The largest absolute Gasteiger partial charge is 0.336 e. The molecule has 3 rings (SSSR count). The maximum absolute atomic E-state index is 11.7. The minimum absolute atomic E-state index is 0.0145. The summed E-state index contributed by atoms with van der Waals surface area (Å²) in [6.45, 7) is 2.28. The van der Waals surface area contributed by atoms with Crippen LogP contribution in [-0.4, -0.2) is 19.2 Å². The predicted molar refractivity (Wildman–Crippen MR) is 106 cm³/mol. The first-order valence-corrected chi connectivity index (χ1v) is 10.1. The molecule has 26 heavy (non-hydrogen) atoms. The summed E-state index contributed by atoms with van der Waals surface area (Å²) in [5.41, 5.74) is 3.10. The Hall–Kier alpha value is -2.86. The van der Waals surface area contributed by atoms with Gasteiger partial charge in [0.15, 0.2) is 0 Å². The number of anilines is 3. The van der Waals surface area contributed by atoms with Crippen molar-refractivity contribution in [2.75, 3.05) is 15.4 Å². The summed E-state index contributed by atoms with van der Waals surface area (Å²) >= 11 is 0. The molecule has 0 unspecified atom stereocenters. The Labute approximate surface area is 154 Å². The summed E-state index contributed by atoms with van der Waals surface area (Å²) in [6.07, 6.45) is 1.68. The zero-order valence-electron chi connectivity index (χ0n) is 14.5. The molecule has 3 aromatic rings. The fraction of sp³-hybridized carbons (Fsp3) is 0.150. The molecule has 0 fully saturated rings. The lowest BCUT2D eigenvalue weighted by Gasteiger charge is -2.25. The number of hydrogen-bond donors (Lipinski definition) is 1. The van der Waals surface area contributed by atoms with Crippen LogP contribution in [-0.2, 0) is 16.6 Å². The Morgan fingerprint density at radius 1 is 0.885 bits per heavy atom. The number of aromatic nitrogens is 1. The lowest BCUT2D eigenvalue weighted by molar-refractivity contribution is 0.602. The average molecular weight is 367 g/mol. The minimum atomic E-state index is -3.33. The third-order valence-electron chi connectivity index (χ3n) is 3.95. The molecule has 0 saturated heterocycles. The van der Waals surface area contributed by atoms with E-state index in [1.807, 2.05) is 54.6 Å². The molecule has 0 radical (unpaired) electrons. The summed E-state index contributed by atoms with van der Waals surface area (Å²) in [7, 11) is -3.33. The molecule has 0 spiro atoms. The van der Waals surface area contributed by atoms with E-state index >= 15 is 0 Å². The number of rotatable bonds is 7. The lowest BCUT2D eigenvalue weighted by atomic mass is 10.2. The highest BCUT2D eigenvalue weighted by atomic mass is 32.2. The second kappa shape index (κ2) is 8.01. The van der Waals surface area contributed by atoms with Crippen molar-refractivity contribution in [3.63, 3.8) is 0 Å². The Morgan fingerprint density at radius 2 is 1.54 bits per heavy atom. The second-order valence-corrected chi connectivity index (χ2v) is 7.83. The van der Waals surface area contributed by atoms with Crippen LogP contribution in [0.1, 0.15) is 12.5 Å². The van der Waals surface area contributed by atoms with Crippen molar-refractivity contribution in [3.8, 4) is 0 Å². The maximum Gasteiger partial charge on any atom is 0.233 e. The normalized spacial score (nSPS) is 11.1. The molecule has 0 saturated carbocycles. The van der Waals surface area contributed by atoms with E-state index in [9.17, 15) is 8.42 Å². The van der Waals surface area contributed by atoms with E-state index in [0.717, 1.165) is 11.4 Å². The minimum Gasteiger partial charge on any atom is -0.336 e. The van der Waals surface area contributed by atoms with Crippen molar-refractivity contribution in [1.29, 1.82) is 0 Å². The summed E-state index contributed by atoms with van der Waals surface area (Å²) in [4.78, 5) is 6.41. The SMILES string of the molecule is CCS(=O)(=O)Nc1ccc(N(Cc2ccccc2)c2ccccc2)cn1.